The molecule has 194 valence electrons. The maximum Gasteiger partial charge on any atom is 0.269 e. The van der Waals surface area contributed by atoms with Crippen molar-refractivity contribution in [2.24, 2.45) is 0 Å². The van der Waals surface area contributed by atoms with Gasteiger partial charge in [-0.3, -0.25) is 4.79 Å². The second-order valence-electron chi connectivity index (χ2n) is 9.15. The first-order valence-electron chi connectivity index (χ1n) is 12.7. The van der Waals surface area contributed by atoms with Crippen molar-refractivity contribution in [2.75, 3.05) is 11.8 Å². The zero-order valence-electron chi connectivity index (χ0n) is 22.4. The van der Waals surface area contributed by atoms with Crippen molar-refractivity contribution in [2.45, 2.75) is 65.3 Å². The summed E-state index contributed by atoms with van der Waals surface area (Å²) in [6.07, 6.45) is 2.53. The Kier molecular flexibility index (Phi) is 8.38. The number of hydrogen-bond donors (Lipinski definition) is 2. The van der Waals surface area contributed by atoms with Crippen LogP contribution in [0.25, 0.3) is 11.1 Å². The molecule has 0 aliphatic heterocycles. The van der Waals surface area contributed by atoms with Crippen LogP contribution in [0.15, 0.2) is 51.9 Å². The average Bonchev–Trinajstić information content (AvgIpc) is 3.41. The van der Waals surface area contributed by atoms with Crippen LogP contribution in [0.1, 0.15) is 64.7 Å². The molecule has 2 aromatic carbocycles. The van der Waals surface area contributed by atoms with E-state index >= 15 is 0 Å². The number of benzene rings is 2. The first-order valence-corrected chi connectivity index (χ1v) is 13.5. The maximum absolute atomic E-state index is 12.8. The number of aryl methyl sites for hydroxylation is 4. The van der Waals surface area contributed by atoms with Crippen LogP contribution in [0, 0.1) is 20.8 Å². The molecular formula is C29H35N5O2S. The molecule has 7 nitrogen and oxygen atoms in total. The minimum atomic E-state index is -0.0870. The van der Waals surface area contributed by atoms with Crippen LogP contribution in [-0.4, -0.2) is 27.7 Å². The summed E-state index contributed by atoms with van der Waals surface area (Å²) in [6.45, 7) is 10.8. The Morgan fingerprint density at radius 1 is 1.08 bits per heavy atom. The molecule has 0 atom stereocenters. The number of nitrogens with one attached hydrogen (secondary N) is 2. The van der Waals surface area contributed by atoms with E-state index in [0.717, 1.165) is 63.9 Å². The SMILES string of the molecule is CCCc1nc(CC)c(C(=O)NC)n1Cc1ccc(-c2ccccc2SNc2noc(C)c2C)c(C)c1. The fourth-order valence-electron chi connectivity index (χ4n) is 4.46. The van der Waals surface area contributed by atoms with Gasteiger partial charge in [-0.15, -0.1) is 0 Å². The molecule has 8 heteroatoms. The quantitative estimate of drug-likeness (QED) is 0.233. The summed E-state index contributed by atoms with van der Waals surface area (Å²) in [7, 11) is 1.67. The molecule has 0 aliphatic carbocycles. The maximum atomic E-state index is 12.8. The van der Waals surface area contributed by atoms with E-state index in [1.165, 1.54) is 23.1 Å². The zero-order chi connectivity index (χ0) is 26.5. The first-order chi connectivity index (χ1) is 17.9. The van der Waals surface area contributed by atoms with Gasteiger partial charge in [-0.05, 0) is 73.9 Å². The van der Waals surface area contributed by atoms with Gasteiger partial charge in [-0.25, -0.2) is 4.98 Å². The van der Waals surface area contributed by atoms with Gasteiger partial charge in [0, 0.05) is 30.5 Å². The molecule has 0 spiro atoms. The van der Waals surface area contributed by atoms with Crippen LogP contribution >= 0.6 is 11.9 Å². The van der Waals surface area contributed by atoms with Crippen LogP contribution in [0.4, 0.5) is 5.82 Å². The minimum Gasteiger partial charge on any atom is -0.359 e. The van der Waals surface area contributed by atoms with Crippen molar-refractivity contribution in [1.82, 2.24) is 20.0 Å². The van der Waals surface area contributed by atoms with Crippen LogP contribution < -0.4 is 10.0 Å². The minimum absolute atomic E-state index is 0.0870. The Bertz CT molecular complexity index is 1410. The molecule has 0 unspecified atom stereocenters. The number of nitrogens with zero attached hydrogens (tertiary/aromatic N) is 3. The zero-order valence-corrected chi connectivity index (χ0v) is 23.3. The van der Waals surface area contributed by atoms with Gasteiger partial charge in [0.1, 0.15) is 17.3 Å². The Hall–Kier alpha value is -3.52. The van der Waals surface area contributed by atoms with Gasteiger partial charge >= 0.3 is 0 Å². The lowest BCUT2D eigenvalue weighted by Crippen LogP contribution is -2.24. The van der Waals surface area contributed by atoms with Gasteiger partial charge in [0.05, 0.1) is 5.69 Å². The highest BCUT2D eigenvalue weighted by Crippen LogP contribution is 2.35. The van der Waals surface area contributed by atoms with Gasteiger partial charge in [-0.2, -0.15) is 0 Å². The molecule has 2 aromatic heterocycles. The van der Waals surface area contributed by atoms with Crippen molar-refractivity contribution in [3.05, 3.63) is 82.1 Å². The number of rotatable bonds is 10. The average molecular weight is 518 g/mol. The molecule has 37 heavy (non-hydrogen) atoms. The molecule has 2 heterocycles. The van der Waals surface area contributed by atoms with Crippen molar-refractivity contribution < 1.29 is 9.32 Å². The van der Waals surface area contributed by atoms with Crippen LogP contribution in [0.2, 0.25) is 0 Å². The summed E-state index contributed by atoms with van der Waals surface area (Å²) in [4.78, 5) is 18.7. The summed E-state index contributed by atoms with van der Waals surface area (Å²) in [6, 6.07) is 14.9. The van der Waals surface area contributed by atoms with Crippen molar-refractivity contribution in [3.8, 4) is 11.1 Å². The largest absolute Gasteiger partial charge is 0.359 e. The van der Waals surface area contributed by atoms with E-state index in [0.29, 0.717) is 12.2 Å². The lowest BCUT2D eigenvalue weighted by Gasteiger charge is -2.15. The van der Waals surface area contributed by atoms with E-state index in [-0.39, 0.29) is 5.91 Å². The van der Waals surface area contributed by atoms with Crippen molar-refractivity contribution >= 4 is 23.7 Å². The van der Waals surface area contributed by atoms with E-state index in [9.17, 15) is 4.79 Å². The number of imidazole rings is 1. The normalized spacial score (nSPS) is 11.1. The molecule has 0 aliphatic rings. The van der Waals surface area contributed by atoms with E-state index < -0.39 is 0 Å². The Morgan fingerprint density at radius 2 is 1.86 bits per heavy atom. The Labute approximate surface area is 223 Å². The number of carbonyl (C=O) groups is 1. The lowest BCUT2D eigenvalue weighted by atomic mass is 9.98. The van der Waals surface area contributed by atoms with Crippen LogP contribution in [-0.2, 0) is 19.4 Å². The highest BCUT2D eigenvalue weighted by Gasteiger charge is 2.21. The van der Waals surface area contributed by atoms with Crippen molar-refractivity contribution in [1.29, 1.82) is 0 Å². The second-order valence-corrected chi connectivity index (χ2v) is 10.0. The van der Waals surface area contributed by atoms with E-state index in [1.54, 1.807) is 7.05 Å². The first kappa shape index (κ1) is 26.5. The molecular weight excluding hydrogens is 482 g/mol. The molecule has 2 N–H and O–H groups in total. The molecule has 0 saturated heterocycles. The highest BCUT2D eigenvalue weighted by atomic mass is 32.2. The Balaban J connectivity index is 1.63. The third-order valence-electron chi connectivity index (χ3n) is 6.59. The molecule has 0 radical (unpaired) electrons. The van der Waals surface area contributed by atoms with E-state index in [1.807, 2.05) is 26.8 Å². The standard InChI is InChI=1S/C29H35N5O2S/c1-7-11-26-31-24(8-2)27(29(35)30-6)34(26)17-21-14-15-22(18(3)16-21)23-12-9-10-13-25(23)37-33-28-19(4)20(5)36-32-28/h9-10,12-16H,7-8,11,17H2,1-6H3,(H,30,35)(H,32,33). The fraction of sp³-hybridized carbons (Fsp3) is 0.345. The van der Waals surface area contributed by atoms with Crippen LogP contribution in [0.3, 0.4) is 0 Å². The molecule has 0 saturated carbocycles. The number of carbonyl (C=O) groups excluding carboxylic acids is 1. The molecule has 0 fully saturated rings. The van der Waals surface area contributed by atoms with E-state index in [2.05, 4.69) is 70.0 Å². The van der Waals surface area contributed by atoms with Gasteiger partial charge in [0.15, 0.2) is 5.82 Å². The van der Waals surface area contributed by atoms with Crippen molar-refractivity contribution in [3.63, 3.8) is 0 Å². The van der Waals surface area contributed by atoms with Gasteiger partial charge in [0.25, 0.3) is 5.91 Å². The predicted molar refractivity (Wildman–Crippen MR) is 150 cm³/mol. The van der Waals surface area contributed by atoms with E-state index in [4.69, 9.17) is 9.51 Å². The monoisotopic (exact) mass is 517 g/mol. The molecule has 1 amide bonds. The van der Waals surface area contributed by atoms with Gasteiger partial charge in [-0.1, -0.05) is 55.4 Å². The summed E-state index contributed by atoms with van der Waals surface area (Å²) in [5, 5.41) is 6.91. The van der Waals surface area contributed by atoms with Gasteiger partial charge in [0.2, 0.25) is 0 Å². The fourth-order valence-corrected chi connectivity index (χ4v) is 5.29. The Morgan fingerprint density at radius 3 is 2.51 bits per heavy atom. The summed E-state index contributed by atoms with van der Waals surface area (Å²) < 4.78 is 10.7. The molecule has 4 rings (SSSR count). The topological polar surface area (TPSA) is 85.0 Å². The third-order valence-corrected chi connectivity index (χ3v) is 7.46. The second kappa shape index (κ2) is 11.7. The number of amides is 1. The lowest BCUT2D eigenvalue weighted by molar-refractivity contribution is 0.0953. The summed E-state index contributed by atoms with van der Waals surface area (Å²) in [5.74, 6) is 2.43. The highest BCUT2D eigenvalue weighted by molar-refractivity contribution is 8.00. The number of aromatic nitrogens is 3. The number of hydrogen-bond acceptors (Lipinski definition) is 6. The summed E-state index contributed by atoms with van der Waals surface area (Å²) in [5.41, 5.74) is 7.16. The smallest absolute Gasteiger partial charge is 0.269 e. The summed E-state index contributed by atoms with van der Waals surface area (Å²) >= 11 is 1.53. The van der Waals surface area contributed by atoms with Crippen LogP contribution in [0.5, 0.6) is 0 Å². The van der Waals surface area contributed by atoms with Gasteiger partial charge < -0.3 is 19.1 Å². The molecule has 4 aromatic rings. The number of anilines is 1. The predicted octanol–water partition coefficient (Wildman–Crippen LogP) is 6.51. The molecule has 0 bridgehead atoms. The third kappa shape index (κ3) is 5.59.